The summed E-state index contributed by atoms with van der Waals surface area (Å²) in [5.41, 5.74) is 2.18. The van der Waals surface area contributed by atoms with Crippen molar-refractivity contribution in [2.75, 3.05) is 25.6 Å². The van der Waals surface area contributed by atoms with Gasteiger partial charge in [0.1, 0.15) is 0 Å². The predicted molar refractivity (Wildman–Crippen MR) is 65.3 cm³/mol. The molecule has 1 rings (SSSR count). The number of methoxy groups -OCH3 is 1. The van der Waals surface area contributed by atoms with E-state index in [2.05, 4.69) is 21.2 Å². The smallest absolute Gasteiger partial charge is 0.0945 e. The highest BCUT2D eigenvalue weighted by atomic mass is 79.9. The zero-order valence-electron chi connectivity index (χ0n) is 8.96. The maximum absolute atomic E-state index is 9.45. The van der Waals surface area contributed by atoms with Gasteiger partial charge >= 0.3 is 0 Å². The third-order valence-corrected chi connectivity index (χ3v) is 2.67. The van der Waals surface area contributed by atoms with Crippen LogP contribution in [0.15, 0.2) is 22.7 Å². The molecule has 0 amide bonds. The van der Waals surface area contributed by atoms with E-state index in [1.165, 1.54) is 5.56 Å². The van der Waals surface area contributed by atoms with E-state index in [1.807, 2.05) is 25.1 Å². The molecular weight excluding hydrogens is 258 g/mol. The number of halogens is 1. The molecule has 0 radical (unpaired) electrons. The van der Waals surface area contributed by atoms with E-state index in [9.17, 15) is 5.11 Å². The van der Waals surface area contributed by atoms with E-state index in [1.54, 1.807) is 7.11 Å². The van der Waals surface area contributed by atoms with Crippen molar-refractivity contribution in [1.82, 2.24) is 0 Å². The molecule has 1 unspecified atom stereocenters. The first-order valence-electron chi connectivity index (χ1n) is 4.80. The number of aliphatic hydroxyl groups excluding tert-OH is 1. The van der Waals surface area contributed by atoms with Crippen molar-refractivity contribution in [3.63, 3.8) is 0 Å². The molecule has 0 heterocycles. The summed E-state index contributed by atoms with van der Waals surface area (Å²) < 4.78 is 5.85. The minimum atomic E-state index is -0.483. The number of hydrogen-bond acceptors (Lipinski definition) is 3. The molecule has 15 heavy (non-hydrogen) atoms. The molecule has 0 aliphatic rings. The molecule has 0 bridgehead atoms. The molecule has 3 nitrogen and oxygen atoms in total. The second-order valence-corrected chi connectivity index (χ2v) is 4.33. The Hall–Kier alpha value is -0.580. The third kappa shape index (κ3) is 4.20. The van der Waals surface area contributed by atoms with Gasteiger partial charge in [-0.05, 0) is 40.5 Å². The molecule has 0 aromatic heterocycles. The lowest BCUT2D eigenvalue weighted by molar-refractivity contribution is 0.0727. The summed E-state index contributed by atoms with van der Waals surface area (Å²) in [6.07, 6.45) is -0.483. The van der Waals surface area contributed by atoms with Crippen molar-refractivity contribution in [3.05, 3.63) is 28.2 Å². The molecule has 0 aliphatic carbocycles. The summed E-state index contributed by atoms with van der Waals surface area (Å²) in [5.74, 6) is 0. The number of aliphatic hydroxyl groups is 1. The Morgan fingerprint density at radius 3 is 2.87 bits per heavy atom. The van der Waals surface area contributed by atoms with Crippen molar-refractivity contribution < 1.29 is 9.84 Å². The number of aryl methyl sites for hydroxylation is 1. The zero-order valence-corrected chi connectivity index (χ0v) is 10.5. The van der Waals surface area contributed by atoms with Crippen LogP contribution in [0, 0.1) is 6.92 Å². The Labute approximate surface area is 98.6 Å². The first kappa shape index (κ1) is 12.5. The normalized spacial score (nSPS) is 12.5. The van der Waals surface area contributed by atoms with Gasteiger partial charge in [-0.2, -0.15) is 0 Å². The second kappa shape index (κ2) is 6.10. The van der Waals surface area contributed by atoms with Crippen molar-refractivity contribution in [1.29, 1.82) is 0 Å². The summed E-state index contributed by atoms with van der Waals surface area (Å²) in [5, 5.41) is 12.6. The molecule has 0 spiro atoms. The molecule has 4 heteroatoms. The number of benzene rings is 1. The largest absolute Gasteiger partial charge is 0.389 e. The fraction of sp³-hybridized carbons (Fsp3) is 0.455. The van der Waals surface area contributed by atoms with Gasteiger partial charge in [-0.25, -0.2) is 0 Å². The molecule has 2 N–H and O–H groups in total. The van der Waals surface area contributed by atoms with Crippen LogP contribution < -0.4 is 5.32 Å². The van der Waals surface area contributed by atoms with Gasteiger partial charge < -0.3 is 15.2 Å². The van der Waals surface area contributed by atoms with Crippen LogP contribution in [0.5, 0.6) is 0 Å². The first-order valence-corrected chi connectivity index (χ1v) is 5.60. The van der Waals surface area contributed by atoms with E-state index < -0.39 is 6.10 Å². The van der Waals surface area contributed by atoms with Gasteiger partial charge in [0.25, 0.3) is 0 Å². The van der Waals surface area contributed by atoms with Crippen LogP contribution in [0.25, 0.3) is 0 Å². The minimum Gasteiger partial charge on any atom is -0.389 e. The maximum atomic E-state index is 9.45. The molecule has 1 aromatic carbocycles. The van der Waals surface area contributed by atoms with Crippen molar-refractivity contribution in [3.8, 4) is 0 Å². The van der Waals surface area contributed by atoms with Crippen LogP contribution >= 0.6 is 15.9 Å². The number of nitrogens with one attached hydrogen (secondary N) is 1. The SMILES string of the molecule is COCC(O)CNc1ccc(C)cc1Br. The van der Waals surface area contributed by atoms with Gasteiger partial charge in [-0.3, -0.25) is 0 Å². The molecule has 0 saturated carbocycles. The topological polar surface area (TPSA) is 41.5 Å². The summed E-state index contributed by atoms with van der Waals surface area (Å²) in [7, 11) is 1.57. The van der Waals surface area contributed by atoms with E-state index >= 15 is 0 Å². The lowest BCUT2D eigenvalue weighted by atomic mass is 10.2. The molecule has 0 saturated heterocycles. The highest BCUT2D eigenvalue weighted by Crippen LogP contribution is 2.23. The highest BCUT2D eigenvalue weighted by molar-refractivity contribution is 9.10. The fourth-order valence-electron chi connectivity index (χ4n) is 1.24. The van der Waals surface area contributed by atoms with Crippen LogP contribution in [0.3, 0.4) is 0 Å². The standard InChI is InChI=1S/C11H16BrNO2/c1-8-3-4-11(10(12)5-8)13-6-9(14)7-15-2/h3-5,9,13-14H,6-7H2,1-2H3. The lowest BCUT2D eigenvalue weighted by Gasteiger charge is -2.13. The fourth-order valence-corrected chi connectivity index (χ4v) is 1.88. The van der Waals surface area contributed by atoms with Gasteiger partial charge in [-0.1, -0.05) is 6.07 Å². The van der Waals surface area contributed by atoms with Crippen LogP contribution in [0.4, 0.5) is 5.69 Å². The lowest BCUT2D eigenvalue weighted by Crippen LogP contribution is -2.24. The van der Waals surface area contributed by atoms with Crippen molar-refractivity contribution in [2.45, 2.75) is 13.0 Å². The summed E-state index contributed by atoms with van der Waals surface area (Å²) in [6, 6.07) is 6.04. The number of hydrogen-bond donors (Lipinski definition) is 2. The van der Waals surface area contributed by atoms with Gasteiger partial charge in [0.15, 0.2) is 0 Å². The van der Waals surface area contributed by atoms with E-state index in [0.717, 1.165) is 10.2 Å². The second-order valence-electron chi connectivity index (χ2n) is 3.47. The van der Waals surface area contributed by atoms with Crippen LogP contribution in [0.1, 0.15) is 5.56 Å². The minimum absolute atomic E-state index is 0.344. The Balaban J connectivity index is 2.50. The van der Waals surface area contributed by atoms with Crippen molar-refractivity contribution >= 4 is 21.6 Å². The predicted octanol–water partition coefficient (Wildman–Crippen LogP) is 2.18. The summed E-state index contributed by atoms with van der Waals surface area (Å²) in [4.78, 5) is 0. The highest BCUT2D eigenvalue weighted by Gasteiger charge is 2.04. The molecule has 0 aliphatic heterocycles. The van der Waals surface area contributed by atoms with E-state index in [-0.39, 0.29) is 0 Å². The monoisotopic (exact) mass is 273 g/mol. The number of ether oxygens (including phenoxy) is 1. The van der Waals surface area contributed by atoms with Crippen LogP contribution in [-0.4, -0.2) is 31.5 Å². The van der Waals surface area contributed by atoms with Gasteiger partial charge in [-0.15, -0.1) is 0 Å². The zero-order chi connectivity index (χ0) is 11.3. The average molecular weight is 274 g/mol. The maximum Gasteiger partial charge on any atom is 0.0945 e. The van der Waals surface area contributed by atoms with Crippen LogP contribution in [0.2, 0.25) is 0 Å². The first-order chi connectivity index (χ1) is 7.13. The van der Waals surface area contributed by atoms with Crippen molar-refractivity contribution in [2.24, 2.45) is 0 Å². The number of rotatable bonds is 5. The van der Waals surface area contributed by atoms with E-state index in [0.29, 0.717) is 13.2 Å². The molecule has 0 fully saturated rings. The van der Waals surface area contributed by atoms with Gasteiger partial charge in [0, 0.05) is 23.8 Å². The Morgan fingerprint density at radius 2 is 2.27 bits per heavy atom. The van der Waals surface area contributed by atoms with E-state index in [4.69, 9.17) is 4.74 Å². The molecule has 1 aromatic rings. The Morgan fingerprint density at radius 1 is 1.53 bits per heavy atom. The number of anilines is 1. The summed E-state index contributed by atoms with van der Waals surface area (Å²) >= 11 is 3.46. The molecule has 1 atom stereocenters. The molecule has 84 valence electrons. The Bertz CT molecular complexity index is 317. The van der Waals surface area contributed by atoms with Gasteiger partial charge in [0.2, 0.25) is 0 Å². The Kier molecular flexibility index (Phi) is 5.08. The third-order valence-electron chi connectivity index (χ3n) is 2.01. The summed E-state index contributed by atoms with van der Waals surface area (Å²) in [6.45, 7) is 2.86. The quantitative estimate of drug-likeness (QED) is 0.864. The van der Waals surface area contributed by atoms with Gasteiger partial charge in [0.05, 0.1) is 12.7 Å². The van der Waals surface area contributed by atoms with Crippen LogP contribution in [-0.2, 0) is 4.74 Å². The molecular formula is C11H16BrNO2. The average Bonchev–Trinajstić information content (AvgIpc) is 2.17.